The topological polar surface area (TPSA) is 67.8 Å². The molecule has 0 spiro atoms. The zero-order chi connectivity index (χ0) is 10.1. The standard InChI is InChI=1S/C11H15N3/c1-7(5-12)10-6-14-11-3-2-8(13)4-9(10)11/h2-4,6-7,14H,5,12-13H2,1H3. The van der Waals surface area contributed by atoms with Crippen LogP contribution in [0.2, 0.25) is 0 Å². The van der Waals surface area contributed by atoms with Gasteiger partial charge in [-0.3, -0.25) is 0 Å². The minimum Gasteiger partial charge on any atom is -0.399 e. The quantitative estimate of drug-likeness (QED) is 0.631. The number of rotatable bonds is 2. The molecule has 0 amide bonds. The first-order chi connectivity index (χ1) is 6.72. The minimum absolute atomic E-state index is 0.366. The van der Waals surface area contributed by atoms with E-state index in [4.69, 9.17) is 11.5 Å². The lowest BCUT2D eigenvalue weighted by Crippen LogP contribution is -2.08. The lowest BCUT2D eigenvalue weighted by atomic mass is 10.0. The van der Waals surface area contributed by atoms with Crippen molar-refractivity contribution < 1.29 is 0 Å². The van der Waals surface area contributed by atoms with E-state index >= 15 is 0 Å². The number of anilines is 1. The Bertz CT molecular complexity index is 445. The van der Waals surface area contributed by atoms with Gasteiger partial charge in [0.1, 0.15) is 0 Å². The maximum Gasteiger partial charge on any atom is 0.0458 e. The first kappa shape index (κ1) is 9.09. The highest BCUT2D eigenvalue weighted by molar-refractivity contribution is 5.86. The Hall–Kier alpha value is -1.48. The number of nitrogens with one attached hydrogen (secondary N) is 1. The molecular formula is C11H15N3. The van der Waals surface area contributed by atoms with Gasteiger partial charge in [0, 0.05) is 22.8 Å². The third-order valence-corrected chi connectivity index (χ3v) is 2.62. The lowest BCUT2D eigenvalue weighted by molar-refractivity contribution is 0.780. The van der Waals surface area contributed by atoms with Crippen molar-refractivity contribution in [2.24, 2.45) is 5.73 Å². The molecule has 1 atom stereocenters. The summed E-state index contributed by atoms with van der Waals surface area (Å²) >= 11 is 0. The Morgan fingerprint density at radius 1 is 1.43 bits per heavy atom. The van der Waals surface area contributed by atoms with Crippen LogP contribution in [0.4, 0.5) is 5.69 Å². The summed E-state index contributed by atoms with van der Waals surface area (Å²) in [4.78, 5) is 3.22. The van der Waals surface area contributed by atoms with Gasteiger partial charge in [0.2, 0.25) is 0 Å². The van der Waals surface area contributed by atoms with Crippen LogP contribution < -0.4 is 11.5 Å². The van der Waals surface area contributed by atoms with E-state index in [0.29, 0.717) is 12.5 Å². The molecule has 0 bridgehead atoms. The number of nitrogen functional groups attached to an aromatic ring is 1. The molecule has 0 radical (unpaired) electrons. The van der Waals surface area contributed by atoms with Crippen LogP contribution in [0.25, 0.3) is 10.9 Å². The first-order valence-electron chi connectivity index (χ1n) is 4.79. The van der Waals surface area contributed by atoms with E-state index in [1.165, 1.54) is 10.9 Å². The molecule has 1 aromatic heterocycles. The number of benzene rings is 1. The number of hydrogen-bond acceptors (Lipinski definition) is 2. The highest BCUT2D eigenvalue weighted by Crippen LogP contribution is 2.26. The Morgan fingerprint density at radius 2 is 2.21 bits per heavy atom. The summed E-state index contributed by atoms with van der Waals surface area (Å²) in [6, 6.07) is 5.89. The first-order valence-corrected chi connectivity index (χ1v) is 4.79. The molecule has 0 saturated carbocycles. The van der Waals surface area contributed by atoms with Crippen LogP contribution >= 0.6 is 0 Å². The molecule has 3 heteroatoms. The maximum atomic E-state index is 5.75. The van der Waals surface area contributed by atoms with Crippen molar-refractivity contribution in [1.29, 1.82) is 0 Å². The SMILES string of the molecule is CC(CN)c1c[nH]c2ccc(N)cc12. The molecule has 0 fully saturated rings. The molecule has 0 aliphatic heterocycles. The summed E-state index contributed by atoms with van der Waals surface area (Å²) in [5, 5.41) is 1.18. The highest BCUT2D eigenvalue weighted by atomic mass is 14.7. The third-order valence-electron chi connectivity index (χ3n) is 2.62. The summed E-state index contributed by atoms with van der Waals surface area (Å²) < 4.78 is 0. The smallest absolute Gasteiger partial charge is 0.0458 e. The van der Waals surface area contributed by atoms with Gasteiger partial charge in [0.25, 0.3) is 0 Å². The molecule has 5 N–H and O–H groups in total. The minimum atomic E-state index is 0.366. The fourth-order valence-corrected chi connectivity index (χ4v) is 1.69. The molecule has 0 aliphatic carbocycles. The van der Waals surface area contributed by atoms with Crippen LogP contribution in [0.3, 0.4) is 0 Å². The molecule has 1 unspecified atom stereocenters. The van der Waals surface area contributed by atoms with Gasteiger partial charge in [-0.25, -0.2) is 0 Å². The Morgan fingerprint density at radius 3 is 2.93 bits per heavy atom. The van der Waals surface area contributed by atoms with Gasteiger partial charge in [0.05, 0.1) is 0 Å². The second kappa shape index (κ2) is 3.35. The van der Waals surface area contributed by atoms with E-state index < -0.39 is 0 Å². The van der Waals surface area contributed by atoms with E-state index in [1.807, 2.05) is 24.4 Å². The highest BCUT2D eigenvalue weighted by Gasteiger charge is 2.09. The molecule has 14 heavy (non-hydrogen) atoms. The monoisotopic (exact) mass is 189 g/mol. The summed E-state index contributed by atoms with van der Waals surface area (Å²) in [5.41, 5.74) is 14.6. The zero-order valence-corrected chi connectivity index (χ0v) is 8.25. The molecule has 1 heterocycles. The van der Waals surface area contributed by atoms with Crippen LogP contribution in [0, 0.1) is 0 Å². The van der Waals surface area contributed by atoms with Crippen LogP contribution in [0.5, 0.6) is 0 Å². The molecule has 0 saturated heterocycles. The van der Waals surface area contributed by atoms with Crippen molar-refractivity contribution in [2.75, 3.05) is 12.3 Å². The Kier molecular flexibility index (Phi) is 2.17. The van der Waals surface area contributed by atoms with E-state index in [1.54, 1.807) is 0 Å². The van der Waals surface area contributed by atoms with Gasteiger partial charge in [0.15, 0.2) is 0 Å². The molecule has 74 valence electrons. The number of aromatic amines is 1. The van der Waals surface area contributed by atoms with E-state index in [-0.39, 0.29) is 0 Å². The average Bonchev–Trinajstić information content (AvgIpc) is 2.59. The summed E-state index contributed by atoms with van der Waals surface area (Å²) in [6.07, 6.45) is 2.02. The van der Waals surface area contributed by atoms with Gasteiger partial charge in [-0.2, -0.15) is 0 Å². The molecule has 3 nitrogen and oxygen atoms in total. The summed E-state index contributed by atoms with van der Waals surface area (Å²) in [5.74, 6) is 0.366. The van der Waals surface area contributed by atoms with Crippen molar-refractivity contribution in [1.82, 2.24) is 4.98 Å². The molecular weight excluding hydrogens is 174 g/mol. The fraction of sp³-hybridized carbons (Fsp3) is 0.273. The molecule has 1 aromatic carbocycles. The third kappa shape index (κ3) is 1.36. The van der Waals surface area contributed by atoms with Crippen LogP contribution in [0.15, 0.2) is 24.4 Å². The van der Waals surface area contributed by atoms with Crippen molar-refractivity contribution in [2.45, 2.75) is 12.8 Å². The van der Waals surface area contributed by atoms with E-state index in [2.05, 4.69) is 11.9 Å². The lowest BCUT2D eigenvalue weighted by Gasteiger charge is -2.06. The number of H-pyrrole nitrogens is 1. The molecule has 2 rings (SSSR count). The van der Waals surface area contributed by atoms with Gasteiger partial charge < -0.3 is 16.5 Å². The normalized spacial score (nSPS) is 13.3. The largest absolute Gasteiger partial charge is 0.399 e. The second-order valence-corrected chi connectivity index (χ2v) is 3.69. The second-order valence-electron chi connectivity index (χ2n) is 3.69. The maximum absolute atomic E-state index is 5.75. The Labute approximate surface area is 83.1 Å². The van der Waals surface area contributed by atoms with Crippen LogP contribution in [-0.4, -0.2) is 11.5 Å². The average molecular weight is 189 g/mol. The van der Waals surface area contributed by atoms with E-state index in [0.717, 1.165) is 11.2 Å². The van der Waals surface area contributed by atoms with Crippen LogP contribution in [-0.2, 0) is 0 Å². The fourth-order valence-electron chi connectivity index (χ4n) is 1.69. The van der Waals surface area contributed by atoms with Crippen molar-refractivity contribution in [3.8, 4) is 0 Å². The van der Waals surface area contributed by atoms with Gasteiger partial charge >= 0.3 is 0 Å². The van der Waals surface area contributed by atoms with Gasteiger partial charge in [-0.15, -0.1) is 0 Å². The number of fused-ring (bicyclic) bond motifs is 1. The predicted molar refractivity (Wildman–Crippen MR) is 60.2 cm³/mol. The van der Waals surface area contributed by atoms with Crippen molar-refractivity contribution >= 4 is 16.6 Å². The van der Waals surface area contributed by atoms with Crippen molar-refractivity contribution in [3.63, 3.8) is 0 Å². The van der Waals surface area contributed by atoms with Gasteiger partial charge in [-0.1, -0.05) is 6.92 Å². The molecule has 2 aromatic rings. The predicted octanol–water partition coefficient (Wildman–Crippen LogP) is 1.81. The summed E-state index contributed by atoms with van der Waals surface area (Å²) in [7, 11) is 0. The number of aromatic nitrogens is 1. The van der Waals surface area contributed by atoms with Crippen molar-refractivity contribution in [3.05, 3.63) is 30.0 Å². The summed E-state index contributed by atoms with van der Waals surface area (Å²) in [6.45, 7) is 2.77. The Balaban J connectivity index is 2.61. The van der Waals surface area contributed by atoms with Gasteiger partial charge in [-0.05, 0) is 36.2 Å². The zero-order valence-electron chi connectivity index (χ0n) is 8.25. The number of hydrogen-bond donors (Lipinski definition) is 3. The van der Waals surface area contributed by atoms with E-state index in [9.17, 15) is 0 Å². The molecule has 0 aliphatic rings. The number of nitrogens with two attached hydrogens (primary N) is 2. The van der Waals surface area contributed by atoms with Crippen LogP contribution in [0.1, 0.15) is 18.4 Å².